The molecule has 0 saturated carbocycles. The van der Waals surface area contributed by atoms with Crippen LogP contribution in [-0.2, 0) is 31.1 Å². The number of hydrogen-bond donors (Lipinski definition) is 1. The number of ether oxygens (including phenoxy) is 2. The highest BCUT2D eigenvalue weighted by Crippen LogP contribution is 2.35. The molecular formula is C29H40O5. The fourth-order valence-corrected chi connectivity index (χ4v) is 4.02. The average molecular weight is 469 g/mol. The Bertz CT molecular complexity index is 921. The van der Waals surface area contributed by atoms with E-state index in [0.29, 0.717) is 13.0 Å². The van der Waals surface area contributed by atoms with Gasteiger partial charge in [0.05, 0.1) is 18.4 Å². The van der Waals surface area contributed by atoms with Gasteiger partial charge in [-0.25, -0.2) is 0 Å². The number of benzene rings is 2. The SMILES string of the molecule is CCOC(=O)CC(C)c1cccc(C(C)(CCCC(C)(C)CO)C(=O)OCc2ccccc2)c1. The first kappa shape index (κ1) is 27.6. The van der Waals surface area contributed by atoms with Crippen molar-refractivity contribution in [1.29, 1.82) is 0 Å². The average Bonchev–Trinajstić information content (AvgIpc) is 2.83. The Morgan fingerprint density at radius 3 is 2.32 bits per heavy atom. The first-order chi connectivity index (χ1) is 16.1. The lowest BCUT2D eigenvalue weighted by Crippen LogP contribution is -2.35. The normalized spacial score (nSPS) is 14.2. The fourth-order valence-electron chi connectivity index (χ4n) is 4.02. The molecule has 0 fully saturated rings. The summed E-state index contributed by atoms with van der Waals surface area (Å²) in [5, 5.41) is 9.64. The van der Waals surface area contributed by atoms with Gasteiger partial charge in [-0.3, -0.25) is 9.59 Å². The third-order valence-corrected chi connectivity index (χ3v) is 6.49. The number of hydrogen-bond acceptors (Lipinski definition) is 5. The van der Waals surface area contributed by atoms with E-state index in [2.05, 4.69) is 0 Å². The molecule has 0 aliphatic carbocycles. The molecule has 0 amide bonds. The number of carbonyl (C=O) groups is 2. The van der Waals surface area contributed by atoms with Crippen LogP contribution in [0, 0.1) is 5.41 Å². The van der Waals surface area contributed by atoms with Crippen LogP contribution in [0.2, 0.25) is 0 Å². The van der Waals surface area contributed by atoms with Crippen LogP contribution in [0.5, 0.6) is 0 Å². The molecule has 2 unspecified atom stereocenters. The molecule has 0 saturated heterocycles. The van der Waals surface area contributed by atoms with Crippen molar-refractivity contribution in [3.8, 4) is 0 Å². The van der Waals surface area contributed by atoms with Crippen molar-refractivity contribution < 1.29 is 24.2 Å². The summed E-state index contributed by atoms with van der Waals surface area (Å²) in [6, 6.07) is 17.6. The molecule has 0 aromatic heterocycles. The van der Waals surface area contributed by atoms with Crippen LogP contribution in [-0.4, -0.2) is 30.3 Å². The van der Waals surface area contributed by atoms with E-state index in [1.165, 1.54) is 0 Å². The fraction of sp³-hybridized carbons (Fsp3) is 0.517. The van der Waals surface area contributed by atoms with Crippen LogP contribution in [0.15, 0.2) is 54.6 Å². The zero-order valence-corrected chi connectivity index (χ0v) is 21.3. The summed E-state index contributed by atoms with van der Waals surface area (Å²) >= 11 is 0. The van der Waals surface area contributed by atoms with E-state index in [0.717, 1.165) is 29.5 Å². The zero-order valence-electron chi connectivity index (χ0n) is 21.3. The minimum Gasteiger partial charge on any atom is -0.466 e. The van der Waals surface area contributed by atoms with E-state index in [1.807, 2.05) is 82.3 Å². The van der Waals surface area contributed by atoms with Gasteiger partial charge in [0, 0.05) is 6.61 Å². The standard InChI is InChI=1S/C29H40O5/c1-6-33-26(31)18-22(2)24-14-10-15-25(19-24)29(5,17-11-16-28(3,4)21-30)27(32)34-20-23-12-8-7-9-13-23/h7-10,12-15,19,22,30H,6,11,16-18,20-21H2,1-5H3. The van der Waals surface area contributed by atoms with Gasteiger partial charge in [0.1, 0.15) is 6.61 Å². The molecule has 5 heteroatoms. The summed E-state index contributed by atoms with van der Waals surface area (Å²) in [4.78, 5) is 25.4. The lowest BCUT2D eigenvalue weighted by Gasteiger charge is -2.30. The van der Waals surface area contributed by atoms with Gasteiger partial charge < -0.3 is 14.6 Å². The predicted octanol–water partition coefficient (Wildman–Crippen LogP) is 5.93. The van der Waals surface area contributed by atoms with Crippen LogP contribution in [0.4, 0.5) is 0 Å². The molecule has 2 atom stereocenters. The quantitative estimate of drug-likeness (QED) is 0.369. The molecule has 34 heavy (non-hydrogen) atoms. The van der Waals surface area contributed by atoms with Gasteiger partial charge in [0.2, 0.25) is 0 Å². The Hall–Kier alpha value is -2.66. The van der Waals surface area contributed by atoms with E-state index >= 15 is 0 Å². The van der Waals surface area contributed by atoms with Gasteiger partial charge in [0.15, 0.2) is 0 Å². The summed E-state index contributed by atoms with van der Waals surface area (Å²) in [7, 11) is 0. The minimum atomic E-state index is -0.847. The van der Waals surface area contributed by atoms with Gasteiger partial charge >= 0.3 is 11.9 Å². The first-order valence-corrected chi connectivity index (χ1v) is 12.2. The Kier molecular flexibility index (Phi) is 10.3. The van der Waals surface area contributed by atoms with Crippen LogP contribution in [0.25, 0.3) is 0 Å². The second-order valence-corrected chi connectivity index (χ2v) is 10.1. The summed E-state index contributed by atoms with van der Waals surface area (Å²) in [5.41, 5.74) is 1.76. The number of carbonyl (C=O) groups excluding carboxylic acids is 2. The molecule has 5 nitrogen and oxygen atoms in total. The molecule has 2 aromatic carbocycles. The van der Waals surface area contributed by atoms with Crippen LogP contribution in [0.3, 0.4) is 0 Å². The maximum Gasteiger partial charge on any atom is 0.316 e. The second-order valence-electron chi connectivity index (χ2n) is 10.1. The molecule has 2 rings (SSSR count). The van der Waals surface area contributed by atoms with Crippen LogP contribution >= 0.6 is 0 Å². The van der Waals surface area contributed by atoms with Crippen molar-refractivity contribution >= 4 is 11.9 Å². The van der Waals surface area contributed by atoms with Crippen molar-refractivity contribution in [2.24, 2.45) is 5.41 Å². The number of aliphatic hydroxyl groups is 1. The molecule has 0 heterocycles. The molecule has 1 N–H and O–H groups in total. The highest BCUT2D eigenvalue weighted by Gasteiger charge is 2.37. The van der Waals surface area contributed by atoms with Gasteiger partial charge in [-0.2, -0.15) is 0 Å². The van der Waals surface area contributed by atoms with Gasteiger partial charge in [0.25, 0.3) is 0 Å². The first-order valence-electron chi connectivity index (χ1n) is 12.2. The van der Waals surface area contributed by atoms with Gasteiger partial charge in [-0.1, -0.05) is 81.8 Å². The Labute approximate surface area is 204 Å². The molecule has 0 spiro atoms. The summed E-state index contributed by atoms with van der Waals surface area (Å²) in [5.74, 6) is -0.526. The van der Waals surface area contributed by atoms with E-state index in [4.69, 9.17) is 9.47 Å². The van der Waals surface area contributed by atoms with Crippen LogP contribution in [0.1, 0.15) is 82.9 Å². The molecule has 0 aliphatic heterocycles. The topological polar surface area (TPSA) is 72.8 Å². The highest BCUT2D eigenvalue weighted by molar-refractivity contribution is 5.83. The number of aliphatic hydroxyl groups excluding tert-OH is 1. The zero-order chi connectivity index (χ0) is 25.2. The third kappa shape index (κ3) is 7.98. The monoisotopic (exact) mass is 468 g/mol. The van der Waals surface area contributed by atoms with Crippen molar-refractivity contribution in [2.45, 2.75) is 78.2 Å². The summed E-state index contributed by atoms with van der Waals surface area (Å²) < 4.78 is 10.9. The summed E-state index contributed by atoms with van der Waals surface area (Å²) in [6.45, 7) is 10.5. The smallest absolute Gasteiger partial charge is 0.316 e. The molecule has 0 radical (unpaired) electrons. The predicted molar refractivity (Wildman–Crippen MR) is 134 cm³/mol. The lowest BCUT2D eigenvalue weighted by molar-refractivity contribution is -0.152. The van der Waals surface area contributed by atoms with E-state index in [-0.39, 0.29) is 42.9 Å². The maximum absolute atomic E-state index is 13.5. The van der Waals surface area contributed by atoms with E-state index in [1.54, 1.807) is 6.92 Å². The molecule has 0 aliphatic rings. The Morgan fingerprint density at radius 1 is 0.971 bits per heavy atom. The molecule has 0 bridgehead atoms. The van der Waals surface area contributed by atoms with E-state index < -0.39 is 5.41 Å². The molecule has 186 valence electrons. The molecular weight excluding hydrogens is 428 g/mol. The highest BCUT2D eigenvalue weighted by atomic mass is 16.5. The van der Waals surface area contributed by atoms with Crippen molar-refractivity contribution in [3.63, 3.8) is 0 Å². The van der Waals surface area contributed by atoms with Crippen molar-refractivity contribution in [2.75, 3.05) is 13.2 Å². The lowest BCUT2D eigenvalue weighted by atomic mass is 9.75. The second kappa shape index (κ2) is 12.7. The van der Waals surface area contributed by atoms with Gasteiger partial charge in [-0.15, -0.1) is 0 Å². The van der Waals surface area contributed by atoms with E-state index in [9.17, 15) is 14.7 Å². The van der Waals surface area contributed by atoms with Gasteiger partial charge in [-0.05, 0) is 54.7 Å². The number of rotatable bonds is 13. The minimum absolute atomic E-state index is 0.0306. The number of esters is 2. The van der Waals surface area contributed by atoms with Crippen LogP contribution < -0.4 is 0 Å². The maximum atomic E-state index is 13.5. The largest absolute Gasteiger partial charge is 0.466 e. The van der Waals surface area contributed by atoms with Crippen molar-refractivity contribution in [3.05, 3.63) is 71.3 Å². The Morgan fingerprint density at radius 2 is 1.68 bits per heavy atom. The summed E-state index contributed by atoms with van der Waals surface area (Å²) in [6.07, 6.45) is 2.45. The Balaban J connectivity index is 2.26. The third-order valence-electron chi connectivity index (χ3n) is 6.49. The molecule has 2 aromatic rings. The van der Waals surface area contributed by atoms with Crippen molar-refractivity contribution in [1.82, 2.24) is 0 Å².